The third kappa shape index (κ3) is 3.33. The van der Waals surface area contributed by atoms with Crippen LogP contribution in [0.25, 0.3) is 5.69 Å². The molecule has 1 unspecified atom stereocenters. The van der Waals surface area contributed by atoms with Crippen molar-refractivity contribution in [2.75, 3.05) is 18.5 Å². The summed E-state index contributed by atoms with van der Waals surface area (Å²) in [4.78, 5) is 17.4. The van der Waals surface area contributed by atoms with Crippen molar-refractivity contribution in [3.8, 4) is 5.69 Å². The number of fused-ring (bicyclic) bond motifs is 1. The van der Waals surface area contributed by atoms with Gasteiger partial charge in [0.2, 0.25) is 0 Å². The van der Waals surface area contributed by atoms with Gasteiger partial charge in [0.15, 0.2) is 0 Å². The second-order valence-electron chi connectivity index (χ2n) is 7.30. The summed E-state index contributed by atoms with van der Waals surface area (Å²) >= 11 is 0. The summed E-state index contributed by atoms with van der Waals surface area (Å²) < 4.78 is 1.82. The van der Waals surface area contributed by atoms with Crippen molar-refractivity contribution in [1.82, 2.24) is 14.7 Å². The molecule has 0 radical (unpaired) electrons. The Balaban J connectivity index is 1.60. The topological polar surface area (TPSA) is 41.4 Å². The molecule has 0 N–H and O–H groups in total. The van der Waals surface area contributed by atoms with Crippen molar-refractivity contribution in [3.63, 3.8) is 0 Å². The molecule has 27 heavy (non-hydrogen) atoms. The molecular weight excluding hydrogens is 336 g/mol. The molecule has 2 heterocycles. The number of rotatable bonds is 2. The number of hydrogen-bond acceptors (Lipinski definition) is 3. The van der Waals surface area contributed by atoms with Gasteiger partial charge in [-0.25, -0.2) is 4.68 Å². The van der Waals surface area contributed by atoms with E-state index in [9.17, 15) is 4.79 Å². The molecule has 1 aliphatic rings. The zero-order valence-corrected chi connectivity index (χ0v) is 16.0. The number of carbonyl (C=O) groups excluding carboxylic acids is 1. The fourth-order valence-electron chi connectivity index (χ4n) is 3.70. The normalized spacial score (nSPS) is 16.8. The van der Waals surface area contributed by atoms with E-state index in [1.807, 2.05) is 65.3 Å². The quantitative estimate of drug-likeness (QED) is 0.700. The van der Waals surface area contributed by atoms with Crippen LogP contribution in [0.15, 0.2) is 60.9 Å². The van der Waals surface area contributed by atoms with Crippen molar-refractivity contribution < 1.29 is 4.79 Å². The zero-order valence-electron chi connectivity index (χ0n) is 16.0. The van der Waals surface area contributed by atoms with Crippen molar-refractivity contribution in [2.45, 2.75) is 26.4 Å². The van der Waals surface area contributed by atoms with E-state index in [-0.39, 0.29) is 11.9 Å². The van der Waals surface area contributed by atoms with Gasteiger partial charge in [0.05, 0.1) is 11.9 Å². The summed E-state index contributed by atoms with van der Waals surface area (Å²) in [6.07, 6.45) is 3.80. The standard InChI is InChI=1S/C22H24N4O/c1-16-12-23-26(13-16)20-10-8-18(9-11-20)22(27)25-15-19-6-4-5-7-21(19)24(3)14-17(25)2/h4-13,17H,14-15H2,1-3H3. The average molecular weight is 360 g/mol. The fourth-order valence-corrected chi connectivity index (χ4v) is 3.70. The fraction of sp³-hybridized carbons (Fsp3) is 0.273. The number of aromatic nitrogens is 2. The van der Waals surface area contributed by atoms with Gasteiger partial charge >= 0.3 is 0 Å². The number of anilines is 1. The van der Waals surface area contributed by atoms with Crippen LogP contribution in [-0.4, -0.2) is 40.2 Å². The number of likely N-dealkylation sites (N-methyl/N-ethyl adjacent to an activating group) is 1. The molecule has 0 saturated carbocycles. The molecule has 0 aliphatic carbocycles. The smallest absolute Gasteiger partial charge is 0.254 e. The van der Waals surface area contributed by atoms with E-state index < -0.39 is 0 Å². The Labute approximate surface area is 159 Å². The molecule has 1 amide bonds. The van der Waals surface area contributed by atoms with Crippen molar-refractivity contribution in [2.24, 2.45) is 0 Å². The Morgan fingerprint density at radius 1 is 1.11 bits per heavy atom. The molecule has 2 aromatic carbocycles. The molecule has 0 bridgehead atoms. The molecule has 3 aromatic rings. The van der Waals surface area contributed by atoms with Crippen LogP contribution in [0.2, 0.25) is 0 Å². The van der Waals surface area contributed by atoms with Crippen LogP contribution >= 0.6 is 0 Å². The van der Waals surface area contributed by atoms with Crippen LogP contribution in [0, 0.1) is 6.92 Å². The maximum absolute atomic E-state index is 13.2. The van der Waals surface area contributed by atoms with Gasteiger partial charge in [-0.15, -0.1) is 0 Å². The first kappa shape index (κ1) is 17.3. The lowest BCUT2D eigenvalue weighted by Crippen LogP contribution is -2.41. The number of benzene rings is 2. The number of hydrogen-bond donors (Lipinski definition) is 0. The number of amides is 1. The molecule has 138 valence electrons. The van der Waals surface area contributed by atoms with Crippen molar-refractivity contribution in [3.05, 3.63) is 77.6 Å². The van der Waals surface area contributed by atoms with Gasteiger partial charge < -0.3 is 9.80 Å². The Morgan fingerprint density at radius 2 is 1.85 bits per heavy atom. The monoisotopic (exact) mass is 360 g/mol. The first-order valence-corrected chi connectivity index (χ1v) is 9.24. The molecular formula is C22H24N4O. The van der Waals surface area contributed by atoms with Crippen LogP contribution in [0.5, 0.6) is 0 Å². The van der Waals surface area contributed by atoms with Crippen LogP contribution in [0.4, 0.5) is 5.69 Å². The SMILES string of the molecule is Cc1cnn(-c2ccc(C(=O)N3Cc4ccccc4N(C)CC3C)cc2)c1. The van der Waals surface area contributed by atoms with E-state index in [1.54, 1.807) is 0 Å². The minimum absolute atomic E-state index is 0.0656. The Bertz CT molecular complexity index is 960. The summed E-state index contributed by atoms with van der Waals surface area (Å²) in [5.41, 5.74) is 5.15. The summed E-state index contributed by atoms with van der Waals surface area (Å²) in [6, 6.07) is 16.1. The van der Waals surface area contributed by atoms with Crippen molar-refractivity contribution in [1.29, 1.82) is 0 Å². The first-order valence-electron chi connectivity index (χ1n) is 9.24. The van der Waals surface area contributed by atoms with E-state index in [0.29, 0.717) is 12.1 Å². The highest BCUT2D eigenvalue weighted by atomic mass is 16.2. The second kappa shape index (κ2) is 6.91. The third-order valence-electron chi connectivity index (χ3n) is 5.17. The van der Waals surface area contributed by atoms with Gasteiger partial charge in [0.25, 0.3) is 5.91 Å². The van der Waals surface area contributed by atoms with Gasteiger partial charge in [0, 0.05) is 43.6 Å². The van der Waals surface area contributed by atoms with E-state index in [0.717, 1.165) is 17.8 Å². The Hall–Kier alpha value is -3.08. The van der Waals surface area contributed by atoms with Crippen LogP contribution < -0.4 is 4.90 Å². The maximum atomic E-state index is 13.2. The molecule has 5 nitrogen and oxygen atoms in total. The summed E-state index contributed by atoms with van der Waals surface area (Å²) in [5, 5.41) is 4.32. The second-order valence-corrected chi connectivity index (χ2v) is 7.30. The molecule has 0 spiro atoms. The highest BCUT2D eigenvalue weighted by molar-refractivity contribution is 5.94. The van der Waals surface area contributed by atoms with Gasteiger partial charge in [-0.3, -0.25) is 4.79 Å². The minimum atomic E-state index is 0.0656. The lowest BCUT2D eigenvalue weighted by Gasteiger charge is -2.28. The molecule has 4 rings (SSSR count). The Kier molecular flexibility index (Phi) is 4.44. The zero-order chi connectivity index (χ0) is 19.0. The number of para-hydroxylation sites is 1. The predicted molar refractivity (Wildman–Crippen MR) is 107 cm³/mol. The molecule has 1 atom stereocenters. The minimum Gasteiger partial charge on any atom is -0.372 e. The van der Waals surface area contributed by atoms with Crippen LogP contribution in [0.1, 0.15) is 28.4 Å². The largest absolute Gasteiger partial charge is 0.372 e. The summed E-state index contributed by atoms with van der Waals surface area (Å²) in [5.74, 6) is 0.0656. The molecule has 0 saturated heterocycles. The predicted octanol–water partition coefficient (Wildman–Crippen LogP) is 3.66. The van der Waals surface area contributed by atoms with Gasteiger partial charge in [0.1, 0.15) is 0 Å². The highest BCUT2D eigenvalue weighted by Gasteiger charge is 2.27. The number of nitrogens with zero attached hydrogens (tertiary/aromatic N) is 4. The van der Waals surface area contributed by atoms with E-state index in [1.165, 1.54) is 11.3 Å². The number of carbonyl (C=O) groups is 1. The molecule has 1 aromatic heterocycles. The summed E-state index contributed by atoms with van der Waals surface area (Å²) in [6.45, 7) is 5.56. The van der Waals surface area contributed by atoms with E-state index in [2.05, 4.69) is 36.1 Å². The Morgan fingerprint density at radius 3 is 2.56 bits per heavy atom. The van der Waals surface area contributed by atoms with Crippen LogP contribution in [-0.2, 0) is 6.54 Å². The van der Waals surface area contributed by atoms with E-state index in [4.69, 9.17) is 0 Å². The average Bonchev–Trinajstić information content (AvgIpc) is 3.07. The van der Waals surface area contributed by atoms with Gasteiger partial charge in [-0.05, 0) is 55.3 Å². The third-order valence-corrected chi connectivity index (χ3v) is 5.17. The maximum Gasteiger partial charge on any atom is 0.254 e. The molecule has 1 aliphatic heterocycles. The number of aryl methyl sites for hydroxylation is 1. The van der Waals surface area contributed by atoms with Gasteiger partial charge in [-0.2, -0.15) is 5.10 Å². The van der Waals surface area contributed by atoms with Gasteiger partial charge in [-0.1, -0.05) is 18.2 Å². The lowest BCUT2D eigenvalue weighted by molar-refractivity contribution is 0.0687. The molecule has 0 fully saturated rings. The van der Waals surface area contributed by atoms with Crippen molar-refractivity contribution >= 4 is 11.6 Å². The lowest BCUT2D eigenvalue weighted by atomic mass is 10.1. The van der Waals surface area contributed by atoms with E-state index >= 15 is 0 Å². The van der Waals surface area contributed by atoms with Crippen LogP contribution in [0.3, 0.4) is 0 Å². The highest BCUT2D eigenvalue weighted by Crippen LogP contribution is 2.27. The summed E-state index contributed by atoms with van der Waals surface area (Å²) in [7, 11) is 2.09. The first-order chi connectivity index (χ1) is 13.0. The molecule has 5 heteroatoms.